The summed E-state index contributed by atoms with van der Waals surface area (Å²) in [5.74, 6) is -1.85. The van der Waals surface area contributed by atoms with Crippen LogP contribution >= 0.6 is 11.6 Å². The van der Waals surface area contributed by atoms with Gasteiger partial charge < -0.3 is 4.98 Å². The fraction of sp³-hybridized carbons (Fsp3) is 0.231. The highest BCUT2D eigenvalue weighted by Gasteiger charge is 2.33. The van der Waals surface area contributed by atoms with Crippen LogP contribution in [0.4, 0.5) is 17.6 Å². The molecule has 4 nitrogen and oxygen atoms in total. The molecule has 0 saturated carbocycles. The number of hydrogen-bond acceptors (Lipinski definition) is 3. The van der Waals surface area contributed by atoms with Crippen molar-refractivity contribution in [2.45, 2.75) is 17.7 Å². The van der Waals surface area contributed by atoms with Crippen LogP contribution in [0.3, 0.4) is 0 Å². The summed E-state index contributed by atoms with van der Waals surface area (Å²) in [6, 6.07) is 4.21. The normalized spacial score (nSPS) is 13.1. The Balaban J connectivity index is 2.21. The van der Waals surface area contributed by atoms with Gasteiger partial charge in [0.2, 0.25) is 0 Å². The van der Waals surface area contributed by atoms with Gasteiger partial charge in [-0.15, -0.1) is 0 Å². The molecule has 0 spiro atoms. The summed E-state index contributed by atoms with van der Waals surface area (Å²) in [5, 5.41) is 0.0591. The predicted octanol–water partition coefficient (Wildman–Crippen LogP) is 3.03. The first-order chi connectivity index (χ1) is 10.7. The summed E-state index contributed by atoms with van der Waals surface area (Å²) in [6.07, 6.45) is -4.79. The van der Waals surface area contributed by atoms with Crippen molar-refractivity contribution in [1.29, 1.82) is 0 Å². The molecule has 23 heavy (non-hydrogen) atoms. The Kier molecular flexibility index (Phi) is 5.20. The highest BCUT2D eigenvalue weighted by atomic mass is 35.5. The van der Waals surface area contributed by atoms with E-state index in [-0.39, 0.29) is 16.3 Å². The van der Waals surface area contributed by atoms with E-state index in [0.29, 0.717) is 6.07 Å². The molecule has 2 aromatic rings. The lowest BCUT2D eigenvalue weighted by Gasteiger charge is -2.08. The van der Waals surface area contributed by atoms with E-state index < -0.39 is 45.6 Å². The molecule has 0 amide bonds. The van der Waals surface area contributed by atoms with Crippen LogP contribution in [0.5, 0.6) is 0 Å². The van der Waals surface area contributed by atoms with Gasteiger partial charge >= 0.3 is 6.18 Å². The third-order valence-corrected chi connectivity index (χ3v) is 4.31. The molecule has 1 aromatic heterocycles. The Bertz CT molecular complexity index is 787. The lowest BCUT2D eigenvalue weighted by atomic mass is 10.2. The number of halogens is 5. The molecule has 1 N–H and O–H groups in total. The number of benzene rings is 1. The molecule has 0 fully saturated rings. The van der Waals surface area contributed by atoms with Crippen molar-refractivity contribution in [3.8, 4) is 0 Å². The van der Waals surface area contributed by atoms with Crippen LogP contribution in [-0.2, 0) is 28.5 Å². The topological polar surface area (TPSA) is 62.8 Å². The number of nitrogens with zero attached hydrogens (tertiary/aromatic N) is 1. The lowest BCUT2D eigenvalue weighted by molar-refractivity contribution is -0.141. The van der Waals surface area contributed by atoms with Crippen LogP contribution in [0.15, 0.2) is 29.1 Å². The molecular weight excluding hydrogens is 360 g/mol. The van der Waals surface area contributed by atoms with E-state index in [1.54, 1.807) is 0 Å². The maximum absolute atomic E-state index is 13.6. The van der Waals surface area contributed by atoms with E-state index in [1.807, 2.05) is 0 Å². The zero-order chi connectivity index (χ0) is 17.2. The lowest BCUT2D eigenvalue weighted by Crippen LogP contribution is -2.19. The van der Waals surface area contributed by atoms with Gasteiger partial charge in [-0.1, -0.05) is 17.7 Å². The summed E-state index contributed by atoms with van der Waals surface area (Å²) in [7, 11) is -1.81. The van der Waals surface area contributed by atoms with Gasteiger partial charge in [-0.05, 0) is 12.1 Å². The van der Waals surface area contributed by atoms with Crippen molar-refractivity contribution in [2.24, 2.45) is 0 Å². The largest absolute Gasteiger partial charge is 0.433 e. The Morgan fingerprint density at radius 2 is 1.96 bits per heavy atom. The van der Waals surface area contributed by atoms with Crippen LogP contribution in [0.25, 0.3) is 0 Å². The molecule has 2 rings (SSSR count). The molecule has 0 aliphatic carbocycles. The monoisotopic (exact) mass is 368 g/mol. The Morgan fingerprint density at radius 3 is 2.57 bits per heavy atom. The van der Waals surface area contributed by atoms with E-state index in [1.165, 1.54) is 12.1 Å². The van der Waals surface area contributed by atoms with Crippen LogP contribution in [-0.4, -0.2) is 14.2 Å². The van der Waals surface area contributed by atoms with Crippen molar-refractivity contribution < 1.29 is 21.8 Å². The zero-order valence-corrected chi connectivity index (χ0v) is 12.9. The van der Waals surface area contributed by atoms with Crippen LogP contribution in [0.2, 0.25) is 5.02 Å². The van der Waals surface area contributed by atoms with Gasteiger partial charge in [0.05, 0.1) is 11.5 Å². The van der Waals surface area contributed by atoms with Gasteiger partial charge in [0, 0.05) is 27.5 Å². The minimum absolute atomic E-state index is 0.0122. The van der Waals surface area contributed by atoms with Crippen LogP contribution in [0.1, 0.15) is 17.1 Å². The Morgan fingerprint density at radius 1 is 1.26 bits per heavy atom. The van der Waals surface area contributed by atoms with Gasteiger partial charge in [-0.25, -0.2) is 9.37 Å². The fourth-order valence-corrected chi connectivity index (χ4v) is 3.22. The Labute approximate surface area is 135 Å². The summed E-state index contributed by atoms with van der Waals surface area (Å²) in [5.41, 5.74) is -2.40. The first-order valence-electron chi connectivity index (χ1n) is 6.12. The maximum atomic E-state index is 13.6. The molecule has 124 valence electrons. The number of H-pyrrole nitrogens is 1. The highest BCUT2D eigenvalue weighted by Crippen LogP contribution is 2.26. The molecule has 0 unspecified atom stereocenters. The van der Waals surface area contributed by atoms with Crippen molar-refractivity contribution >= 4 is 22.4 Å². The van der Waals surface area contributed by atoms with E-state index in [0.717, 1.165) is 6.07 Å². The summed E-state index contributed by atoms with van der Waals surface area (Å²) < 4.78 is 63.3. The highest BCUT2D eigenvalue weighted by molar-refractivity contribution is 7.83. The number of hydrogen-bond donors (Lipinski definition) is 1. The molecule has 10 heteroatoms. The van der Waals surface area contributed by atoms with Crippen molar-refractivity contribution in [1.82, 2.24) is 9.97 Å². The van der Waals surface area contributed by atoms with Gasteiger partial charge in [-0.3, -0.25) is 9.00 Å². The summed E-state index contributed by atoms with van der Waals surface area (Å²) in [4.78, 5) is 16.5. The number of aromatic nitrogens is 2. The van der Waals surface area contributed by atoms with E-state index in [4.69, 9.17) is 11.6 Å². The van der Waals surface area contributed by atoms with Crippen molar-refractivity contribution in [3.05, 3.63) is 62.5 Å². The third kappa shape index (κ3) is 4.61. The number of nitrogens with one attached hydrogen (secondary N) is 1. The van der Waals surface area contributed by atoms with Gasteiger partial charge in [-0.2, -0.15) is 13.2 Å². The molecule has 1 aromatic carbocycles. The van der Waals surface area contributed by atoms with Gasteiger partial charge in [0.15, 0.2) is 5.69 Å². The van der Waals surface area contributed by atoms with Crippen LogP contribution in [0, 0.1) is 5.82 Å². The third-order valence-electron chi connectivity index (χ3n) is 2.75. The standard InChI is InChI=1S/C13H9ClF4N2O2S/c14-8-2-1-3-9(15)7(8)5-23(22)6-11-19-10(13(16,17)18)4-12(21)20-11/h1-4H,5-6H2,(H,19,20,21)/t23-/m0/s1. The first kappa shape index (κ1) is 17.6. The SMILES string of the molecule is O=c1cc(C(F)(F)F)nc(C[S@@](=O)Cc2c(F)cccc2Cl)[nH]1. The molecule has 0 bridgehead atoms. The quantitative estimate of drug-likeness (QED) is 0.844. The molecule has 0 aliphatic rings. The van der Waals surface area contributed by atoms with Gasteiger partial charge in [0.25, 0.3) is 5.56 Å². The number of rotatable bonds is 4. The average Bonchev–Trinajstić information content (AvgIpc) is 2.41. The second kappa shape index (κ2) is 6.79. The van der Waals surface area contributed by atoms with Crippen molar-refractivity contribution in [3.63, 3.8) is 0 Å². The smallest absolute Gasteiger partial charge is 0.310 e. The zero-order valence-electron chi connectivity index (χ0n) is 11.3. The van der Waals surface area contributed by atoms with E-state index in [9.17, 15) is 26.6 Å². The molecule has 0 radical (unpaired) electrons. The van der Waals surface area contributed by atoms with Gasteiger partial charge in [0.1, 0.15) is 11.6 Å². The summed E-state index contributed by atoms with van der Waals surface area (Å²) in [6.45, 7) is 0. The second-order valence-corrected chi connectivity index (χ2v) is 6.37. The average molecular weight is 369 g/mol. The minimum atomic E-state index is -4.79. The fourth-order valence-electron chi connectivity index (χ4n) is 1.76. The predicted molar refractivity (Wildman–Crippen MR) is 76.8 cm³/mol. The minimum Gasteiger partial charge on any atom is -0.310 e. The van der Waals surface area contributed by atoms with Crippen LogP contribution < -0.4 is 5.56 Å². The number of aromatic amines is 1. The molecule has 1 atom stereocenters. The molecule has 0 aliphatic heterocycles. The molecular formula is C13H9ClF4N2O2S. The van der Waals surface area contributed by atoms with E-state index >= 15 is 0 Å². The Hall–Kier alpha value is -1.74. The molecule has 1 heterocycles. The van der Waals surface area contributed by atoms with E-state index in [2.05, 4.69) is 9.97 Å². The maximum Gasteiger partial charge on any atom is 0.433 e. The second-order valence-electron chi connectivity index (χ2n) is 4.50. The first-order valence-corrected chi connectivity index (χ1v) is 7.98. The number of alkyl halides is 3. The van der Waals surface area contributed by atoms with Crippen molar-refractivity contribution in [2.75, 3.05) is 0 Å². The molecule has 0 saturated heterocycles. The summed E-state index contributed by atoms with van der Waals surface area (Å²) >= 11 is 5.79.